The molecular weight excluding hydrogens is 274 g/mol. The summed E-state index contributed by atoms with van der Waals surface area (Å²) in [5, 5.41) is 3.19. The number of pyridine rings is 1. The summed E-state index contributed by atoms with van der Waals surface area (Å²) in [6, 6.07) is 5.36. The molecule has 1 aromatic heterocycles. The molecule has 0 saturated carbocycles. The summed E-state index contributed by atoms with van der Waals surface area (Å²) in [7, 11) is -3.56. The first-order valence-corrected chi connectivity index (χ1v) is 7.85. The third-order valence-corrected chi connectivity index (χ3v) is 3.87. The second-order valence-electron chi connectivity index (χ2n) is 4.75. The molecule has 20 heavy (non-hydrogen) atoms. The number of nitrogens with one attached hydrogen (secondary N) is 2. The van der Waals surface area contributed by atoms with E-state index in [0.29, 0.717) is 11.9 Å². The van der Waals surface area contributed by atoms with Crippen LogP contribution in [0.15, 0.2) is 47.2 Å². The van der Waals surface area contributed by atoms with Gasteiger partial charge in [-0.15, -0.1) is 0 Å². The van der Waals surface area contributed by atoms with Crippen LogP contribution in [0.1, 0.15) is 27.7 Å². The average molecular weight is 295 g/mol. The Balaban J connectivity index is 2.82. The van der Waals surface area contributed by atoms with E-state index in [1.54, 1.807) is 37.3 Å². The maximum atomic E-state index is 12.1. The summed E-state index contributed by atoms with van der Waals surface area (Å²) in [6.45, 7) is 7.48. The fourth-order valence-electron chi connectivity index (χ4n) is 1.48. The molecule has 0 aliphatic heterocycles. The van der Waals surface area contributed by atoms with Crippen molar-refractivity contribution in [2.45, 2.75) is 33.7 Å². The summed E-state index contributed by atoms with van der Waals surface area (Å²) >= 11 is 0. The lowest BCUT2D eigenvalue weighted by molar-refractivity contribution is 0.606. The van der Waals surface area contributed by atoms with Crippen molar-refractivity contribution in [1.82, 2.24) is 10.3 Å². The van der Waals surface area contributed by atoms with Gasteiger partial charge in [-0.05, 0) is 52.0 Å². The van der Waals surface area contributed by atoms with Crippen LogP contribution in [0.4, 0.5) is 5.82 Å². The number of sulfonamides is 1. The van der Waals surface area contributed by atoms with Gasteiger partial charge >= 0.3 is 0 Å². The zero-order valence-corrected chi connectivity index (χ0v) is 13.0. The van der Waals surface area contributed by atoms with Crippen molar-refractivity contribution >= 4 is 15.8 Å². The molecular formula is C14H21N3O2S. The monoisotopic (exact) mass is 295 g/mol. The molecule has 2 N–H and O–H groups in total. The largest absolute Gasteiger partial charge is 0.386 e. The predicted octanol–water partition coefficient (Wildman–Crippen LogP) is 2.63. The minimum absolute atomic E-state index is 0.230. The van der Waals surface area contributed by atoms with Gasteiger partial charge in [-0.3, -0.25) is 4.72 Å². The van der Waals surface area contributed by atoms with Gasteiger partial charge in [0.05, 0.1) is 4.91 Å². The van der Waals surface area contributed by atoms with Gasteiger partial charge in [0.1, 0.15) is 5.82 Å². The Hall–Kier alpha value is -1.82. The van der Waals surface area contributed by atoms with Crippen LogP contribution in [0.5, 0.6) is 0 Å². The van der Waals surface area contributed by atoms with E-state index in [9.17, 15) is 8.42 Å². The molecule has 0 atom stereocenters. The Labute approximate surface area is 120 Å². The first-order chi connectivity index (χ1) is 9.31. The van der Waals surface area contributed by atoms with Gasteiger partial charge in [-0.25, -0.2) is 13.4 Å². The number of anilines is 1. The molecule has 1 rings (SSSR count). The van der Waals surface area contributed by atoms with Gasteiger partial charge < -0.3 is 5.32 Å². The average Bonchev–Trinajstić information content (AvgIpc) is 2.35. The van der Waals surface area contributed by atoms with Crippen LogP contribution in [-0.4, -0.2) is 19.4 Å². The third-order valence-electron chi connectivity index (χ3n) is 2.41. The molecule has 0 aromatic carbocycles. The minimum atomic E-state index is -3.56. The van der Waals surface area contributed by atoms with E-state index < -0.39 is 10.0 Å². The highest BCUT2D eigenvalue weighted by Crippen LogP contribution is 2.11. The standard InChI is InChI=1S/C14H21N3O2S/c1-11(2)16-12(3)8-9-13(4)20(18,19)17-14-7-5-6-10-15-14/h5-11,16H,1-4H3,(H,15,17)/b12-8+,13-9+. The van der Waals surface area contributed by atoms with E-state index in [1.165, 1.54) is 6.20 Å². The summed E-state index contributed by atoms with van der Waals surface area (Å²) in [5.74, 6) is 0.307. The first kappa shape index (κ1) is 16.2. The molecule has 0 bridgehead atoms. The van der Waals surface area contributed by atoms with Crippen LogP contribution in [-0.2, 0) is 10.0 Å². The van der Waals surface area contributed by atoms with Crippen molar-refractivity contribution in [3.05, 3.63) is 47.2 Å². The van der Waals surface area contributed by atoms with Crippen LogP contribution < -0.4 is 10.0 Å². The Morgan fingerprint density at radius 1 is 1.25 bits per heavy atom. The summed E-state index contributed by atoms with van der Waals surface area (Å²) in [4.78, 5) is 4.17. The second-order valence-corrected chi connectivity index (χ2v) is 6.60. The van der Waals surface area contributed by atoms with Gasteiger partial charge in [0, 0.05) is 17.9 Å². The van der Waals surface area contributed by atoms with Crippen molar-refractivity contribution in [2.24, 2.45) is 0 Å². The highest BCUT2D eigenvalue weighted by atomic mass is 32.2. The second kappa shape index (κ2) is 7.09. The Kier molecular flexibility index (Phi) is 5.76. The fraction of sp³-hybridized carbons (Fsp3) is 0.357. The molecule has 1 aromatic rings. The van der Waals surface area contributed by atoms with Crippen LogP contribution in [0.2, 0.25) is 0 Å². The van der Waals surface area contributed by atoms with E-state index in [-0.39, 0.29) is 4.91 Å². The van der Waals surface area contributed by atoms with E-state index in [1.807, 2.05) is 20.8 Å². The Morgan fingerprint density at radius 3 is 2.50 bits per heavy atom. The highest BCUT2D eigenvalue weighted by Gasteiger charge is 2.12. The number of hydrogen-bond acceptors (Lipinski definition) is 4. The summed E-state index contributed by atoms with van der Waals surface area (Å²) in [5.41, 5.74) is 0.910. The quantitative estimate of drug-likeness (QED) is 0.791. The topological polar surface area (TPSA) is 71.1 Å². The molecule has 5 nitrogen and oxygen atoms in total. The highest BCUT2D eigenvalue weighted by molar-refractivity contribution is 7.96. The van der Waals surface area contributed by atoms with Gasteiger partial charge in [0.15, 0.2) is 0 Å². The van der Waals surface area contributed by atoms with Crippen molar-refractivity contribution in [3.63, 3.8) is 0 Å². The van der Waals surface area contributed by atoms with Crippen molar-refractivity contribution < 1.29 is 8.42 Å². The Morgan fingerprint density at radius 2 is 1.95 bits per heavy atom. The molecule has 0 radical (unpaired) electrons. The van der Waals surface area contributed by atoms with Crippen LogP contribution in [0.3, 0.4) is 0 Å². The number of nitrogens with zero attached hydrogens (tertiary/aromatic N) is 1. The van der Waals surface area contributed by atoms with Gasteiger partial charge in [-0.1, -0.05) is 6.07 Å². The van der Waals surface area contributed by atoms with Gasteiger partial charge in [0.2, 0.25) is 0 Å². The molecule has 110 valence electrons. The lowest BCUT2D eigenvalue weighted by Gasteiger charge is -2.09. The van der Waals surface area contributed by atoms with Crippen LogP contribution in [0, 0.1) is 0 Å². The molecule has 0 amide bonds. The molecule has 0 aliphatic carbocycles. The smallest absolute Gasteiger partial charge is 0.258 e. The molecule has 6 heteroatoms. The number of hydrogen-bond donors (Lipinski definition) is 2. The van der Waals surface area contributed by atoms with E-state index in [2.05, 4.69) is 15.0 Å². The lowest BCUT2D eigenvalue weighted by Crippen LogP contribution is -2.20. The van der Waals surface area contributed by atoms with Gasteiger partial charge in [-0.2, -0.15) is 0 Å². The minimum Gasteiger partial charge on any atom is -0.386 e. The van der Waals surface area contributed by atoms with Crippen molar-refractivity contribution in [3.8, 4) is 0 Å². The molecule has 0 fully saturated rings. The maximum Gasteiger partial charge on any atom is 0.258 e. The van der Waals surface area contributed by atoms with E-state index in [4.69, 9.17) is 0 Å². The number of rotatable bonds is 6. The molecule has 0 unspecified atom stereocenters. The first-order valence-electron chi connectivity index (χ1n) is 6.37. The summed E-state index contributed by atoms with van der Waals surface area (Å²) < 4.78 is 26.6. The zero-order chi connectivity index (χ0) is 15.2. The summed E-state index contributed by atoms with van der Waals surface area (Å²) in [6.07, 6.45) is 4.84. The third kappa shape index (κ3) is 5.44. The molecule has 0 saturated heterocycles. The van der Waals surface area contributed by atoms with Crippen LogP contribution in [0.25, 0.3) is 0 Å². The van der Waals surface area contributed by atoms with Crippen LogP contribution >= 0.6 is 0 Å². The molecule has 0 aliphatic rings. The fourth-order valence-corrected chi connectivity index (χ4v) is 2.28. The predicted molar refractivity (Wildman–Crippen MR) is 82.6 cm³/mol. The zero-order valence-electron chi connectivity index (χ0n) is 12.2. The molecule has 0 spiro atoms. The lowest BCUT2D eigenvalue weighted by atomic mass is 10.3. The maximum absolute atomic E-state index is 12.1. The Bertz CT molecular complexity index is 590. The van der Waals surface area contributed by atoms with Gasteiger partial charge in [0.25, 0.3) is 10.0 Å². The van der Waals surface area contributed by atoms with E-state index >= 15 is 0 Å². The molecule has 1 heterocycles. The van der Waals surface area contributed by atoms with Crippen molar-refractivity contribution in [2.75, 3.05) is 4.72 Å². The SMILES string of the molecule is C/C(=C\C=C(/C)S(=O)(=O)Nc1ccccn1)NC(C)C. The normalized spacial score (nSPS) is 13.4. The van der Waals surface area contributed by atoms with Crippen molar-refractivity contribution in [1.29, 1.82) is 0 Å². The van der Waals surface area contributed by atoms with E-state index in [0.717, 1.165) is 5.70 Å². The number of aromatic nitrogens is 1. The number of allylic oxidation sites excluding steroid dienone is 4.